The number of aromatic nitrogens is 1. The van der Waals surface area contributed by atoms with Gasteiger partial charge < -0.3 is 5.32 Å². The molecular weight excluding hydrogens is 290 g/mol. The van der Waals surface area contributed by atoms with Gasteiger partial charge in [-0.05, 0) is 43.0 Å². The van der Waals surface area contributed by atoms with Crippen LogP contribution in [0.25, 0.3) is 0 Å². The van der Waals surface area contributed by atoms with Crippen molar-refractivity contribution in [2.45, 2.75) is 45.2 Å². The van der Waals surface area contributed by atoms with Gasteiger partial charge in [0.05, 0.1) is 6.54 Å². The minimum absolute atomic E-state index is 0.540. The molecule has 0 saturated carbocycles. The van der Waals surface area contributed by atoms with Crippen LogP contribution in [-0.2, 0) is 6.54 Å². The molecule has 0 bridgehead atoms. The maximum Gasteiger partial charge on any atom is 0.107 e. The lowest BCUT2D eigenvalue weighted by Crippen LogP contribution is -2.41. The zero-order valence-corrected chi connectivity index (χ0v) is 14.3. The molecule has 1 aliphatic heterocycles. The van der Waals surface area contributed by atoms with E-state index in [0.717, 1.165) is 13.1 Å². The van der Waals surface area contributed by atoms with Gasteiger partial charge in [-0.2, -0.15) is 0 Å². The number of benzene rings is 1. The molecule has 118 valence electrons. The SMILES string of the molecule is CC(C)c1ccc(N[C@H]2CCCN(Cc3nccs3)C2)cc1. The Bertz CT molecular complexity index is 563. The van der Waals surface area contributed by atoms with Crippen LogP contribution in [0.4, 0.5) is 5.69 Å². The van der Waals surface area contributed by atoms with Crippen LogP contribution in [0, 0.1) is 0 Å². The largest absolute Gasteiger partial charge is 0.381 e. The van der Waals surface area contributed by atoms with Crippen molar-refractivity contribution in [1.82, 2.24) is 9.88 Å². The Morgan fingerprint density at radius 3 is 2.82 bits per heavy atom. The van der Waals surface area contributed by atoms with Crippen LogP contribution in [0.3, 0.4) is 0 Å². The first kappa shape index (κ1) is 15.5. The van der Waals surface area contributed by atoms with Gasteiger partial charge >= 0.3 is 0 Å². The normalized spacial score (nSPS) is 19.5. The molecule has 0 amide bonds. The van der Waals surface area contributed by atoms with Crippen molar-refractivity contribution in [1.29, 1.82) is 0 Å². The summed E-state index contributed by atoms with van der Waals surface area (Å²) in [6.45, 7) is 7.75. The molecule has 22 heavy (non-hydrogen) atoms. The third-order valence-corrected chi connectivity index (χ3v) is 5.06. The Morgan fingerprint density at radius 2 is 2.14 bits per heavy atom. The van der Waals surface area contributed by atoms with Crippen molar-refractivity contribution >= 4 is 17.0 Å². The van der Waals surface area contributed by atoms with Crippen molar-refractivity contribution in [3.8, 4) is 0 Å². The fourth-order valence-corrected chi connectivity index (χ4v) is 3.70. The molecule has 3 nitrogen and oxygen atoms in total. The number of anilines is 1. The number of piperidine rings is 1. The standard InChI is InChI=1S/C18H25N3S/c1-14(2)15-5-7-16(8-6-15)20-17-4-3-10-21(12-17)13-18-19-9-11-22-18/h5-9,11,14,17,20H,3-4,10,12-13H2,1-2H3/t17-/m0/s1. The zero-order chi connectivity index (χ0) is 15.4. The van der Waals surface area contributed by atoms with E-state index < -0.39 is 0 Å². The van der Waals surface area contributed by atoms with Crippen LogP contribution in [0.2, 0.25) is 0 Å². The minimum atomic E-state index is 0.540. The molecule has 4 heteroatoms. The van der Waals surface area contributed by atoms with Gasteiger partial charge in [-0.1, -0.05) is 26.0 Å². The quantitative estimate of drug-likeness (QED) is 0.889. The summed E-state index contributed by atoms with van der Waals surface area (Å²) in [7, 11) is 0. The molecule has 1 aromatic heterocycles. The predicted octanol–water partition coefficient (Wildman–Crippen LogP) is 4.34. The molecule has 0 spiro atoms. The fourth-order valence-electron chi connectivity index (χ4n) is 3.04. The lowest BCUT2D eigenvalue weighted by atomic mass is 10.0. The second-order valence-corrected chi connectivity index (χ2v) is 7.40. The highest BCUT2D eigenvalue weighted by atomic mass is 32.1. The summed E-state index contributed by atoms with van der Waals surface area (Å²) in [4.78, 5) is 6.92. The predicted molar refractivity (Wildman–Crippen MR) is 94.6 cm³/mol. The molecule has 1 saturated heterocycles. The molecule has 0 aliphatic carbocycles. The van der Waals surface area contributed by atoms with Crippen molar-refractivity contribution in [2.24, 2.45) is 0 Å². The molecule has 1 aromatic carbocycles. The van der Waals surface area contributed by atoms with Crippen molar-refractivity contribution in [2.75, 3.05) is 18.4 Å². The van der Waals surface area contributed by atoms with Crippen molar-refractivity contribution < 1.29 is 0 Å². The third-order valence-electron chi connectivity index (χ3n) is 4.30. The van der Waals surface area contributed by atoms with E-state index in [0.29, 0.717) is 12.0 Å². The van der Waals surface area contributed by atoms with Crippen LogP contribution in [0.1, 0.15) is 43.2 Å². The van der Waals surface area contributed by atoms with Crippen LogP contribution >= 0.6 is 11.3 Å². The van der Waals surface area contributed by atoms with Crippen molar-refractivity contribution in [3.05, 3.63) is 46.4 Å². The Hall–Kier alpha value is -1.39. The van der Waals surface area contributed by atoms with Gasteiger partial charge in [0.2, 0.25) is 0 Å². The Balaban J connectivity index is 1.55. The van der Waals surface area contributed by atoms with Gasteiger partial charge in [-0.15, -0.1) is 11.3 Å². The number of hydrogen-bond donors (Lipinski definition) is 1. The number of nitrogens with zero attached hydrogens (tertiary/aromatic N) is 2. The van der Waals surface area contributed by atoms with Crippen LogP contribution in [-0.4, -0.2) is 29.0 Å². The van der Waals surface area contributed by atoms with Crippen LogP contribution in [0.5, 0.6) is 0 Å². The van der Waals surface area contributed by atoms with Crippen molar-refractivity contribution in [3.63, 3.8) is 0 Å². The van der Waals surface area contributed by atoms with Gasteiger partial charge in [-0.25, -0.2) is 4.98 Å². The summed E-state index contributed by atoms with van der Waals surface area (Å²) in [6, 6.07) is 9.45. The Labute approximate surface area is 137 Å². The van der Waals surface area contributed by atoms with Gasteiger partial charge in [0.25, 0.3) is 0 Å². The summed E-state index contributed by atoms with van der Waals surface area (Å²) < 4.78 is 0. The highest BCUT2D eigenvalue weighted by molar-refractivity contribution is 7.09. The summed E-state index contributed by atoms with van der Waals surface area (Å²) in [5, 5.41) is 6.98. The average Bonchev–Trinajstić information content (AvgIpc) is 3.01. The first-order valence-electron chi connectivity index (χ1n) is 8.18. The van der Waals surface area contributed by atoms with E-state index in [1.165, 1.54) is 35.6 Å². The van der Waals surface area contributed by atoms with Gasteiger partial charge in [0.15, 0.2) is 0 Å². The van der Waals surface area contributed by atoms with E-state index >= 15 is 0 Å². The molecule has 0 unspecified atom stereocenters. The summed E-state index contributed by atoms with van der Waals surface area (Å²) >= 11 is 1.75. The lowest BCUT2D eigenvalue weighted by Gasteiger charge is -2.33. The van der Waals surface area contributed by atoms with E-state index in [1.807, 2.05) is 6.20 Å². The monoisotopic (exact) mass is 315 g/mol. The van der Waals surface area contributed by atoms with Crippen LogP contribution < -0.4 is 5.32 Å². The van der Waals surface area contributed by atoms with Gasteiger partial charge in [-0.3, -0.25) is 4.90 Å². The maximum absolute atomic E-state index is 4.40. The maximum atomic E-state index is 4.40. The summed E-state index contributed by atoms with van der Waals surface area (Å²) in [5.74, 6) is 0.595. The van der Waals surface area contributed by atoms with Gasteiger partial charge in [0.1, 0.15) is 5.01 Å². The van der Waals surface area contributed by atoms with Gasteiger partial charge in [0, 0.05) is 29.9 Å². The minimum Gasteiger partial charge on any atom is -0.381 e. The molecule has 2 heterocycles. The second-order valence-electron chi connectivity index (χ2n) is 6.42. The number of hydrogen-bond acceptors (Lipinski definition) is 4. The molecule has 3 rings (SSSR count). The molecule has 1 atom stereocenters. The fraction of sp³-hybridized carbons (Fsp3) is 0.500. The summed E-state index contributed by atoms with van der Waals surface area (Å²) in [5.41, 5.74) is 2.64. The number of nitrogens with one attached hydrogen (secondary N) is 1. The molecule has 1 aliphatic rings. The smallest absolute Gasteiger partial charge is 0.107 e. The summed E-state index contributed by atoms with van der Waals surface area (Å²) in [6.07, 6.45) is 4.41. The lowest BCUT2D eigenvalue weighted by molar-refractivity contribution is 0.208. The first-order valence-corrected chi connectivity index (χ1v) is 9.06. The third kappa shape index (κ3) is 4.08. The molecule has 1 N–H and O–H groups in total. The van der Waals surface area contributed by atoms with E-state index in [1.54, 1.807) is 11.3 Å². The van der Waals surface area contributed by atoms with E-state index in [9.17, 15) is 0 Å². The highest BCUT2D eigenvalue weighted by Crippen LogP contribution is 2.21. The zero-order valence-electron chi connectivity index (χ0n) is 13.5. The number of rotatable bonds is 5. The Morgan fingerprint density at radius 1 is 1.32 bits per heavy atom. The molecule has 1 fully saturated rings. The van der Waals surface area contributed by atoms with E-state index in [-0.39, 0.29) is 0 Å². The Kier molecular flexibility index (Phi) is 5.11. The van der Waals surface area contributed by atoms with E-state index in [2.05, 4.69) is 58.7 Å². The number of thiazole rings is 1. The van der Waals surface area contributed by atoms with E-state index in [4.69, 9.17) is 0 Å². The molecular formula is C18H25N3S. The number of likely N-dealkylation sites (tertiary alicyclic amines) is 1. The first-order chi connectivity index (χ1) is 10.7. The highest BCUT2D eigenvalue weighted by Gasteiger charge is 2.20. The second kappa shape index (κ2) is 7.25. The average molecular weight is 315 g/mol. The molecule has 2 aromatic rings. The topological polar surface area (TPSA) is 28.2 Å². The molecule has 0 radical (unpaired) electrons. The van der Waals surface area contributed by atoms with Crippen LogP contribution in [0.15, 0.2) is 35.8 Å².